The van der Waals surface area contributed by atoms with Crippen molar-refractivity contribution in [3.63, 3.8) is 0 Å². The third kappa shape index (κ3) is 0.842. The van der Waals surface area contributed by atoms with Crippen LogP contribution in [0, 0.1) is 0 Å². The molecule has 0 bridgehead atoms. The van der Waals surface area contributed by atoms with E-state index in [0.29, 0.717) is 6.04 Å². The fourth-order valence-electron chi connectivity index (χ4n) is 0.993. The topological polar surface area (TPSA) is 24.1 Å². The highest BCUT2D eigenvalue weighted by Crippen LogP contribution is 2.06. The van der Waals surface area contributed by atoms with Gasteiger partial charge in [-0.15, -0.1) is 0 Å². The van der Waals surface area contributed by atoms with Gasteiger partial charge >= 0.3 is 0 Å². The molecule has 46 valence electrons. The van der Waals surface area contributed by atoms with E-state index in [1.54, 1.807) is 0 Å². The lowest BCUT2D eigenvalue weighted by Crippen LogP contribution is -2.24. The van der Waals surface area contributed by atoms with Crippen molar-refractivity contribution in [2.75, 3.05) is 13.6 Å². The van der Waals surface area contributed by atoms with Gasteiger partial charge in [0.2, 0.25) is 0 Å². The Bertz CT molecular complexity index is 98.7. The molecule has 2 N–H and O–H groups in total. The van der Waals surface area contributed by atoms with Crippen LogP contribution in [0.25, 0.3) is 0 Å². The summed E-state index contributed by atoms with van der Waals surface area (Å²) in [5.41, 5.74) is 1.13. The molecule has 1 atom stereocenters. The SMILES string of the molecule is C=C1NCCC1NC. The van der Waals surface area contributed by atoms with E-state index in [-0.39, 0.29) is 0 Å². The first-order valence-corrected chi connectivity index (χ1v) is 2.94. The van der Waals surface area contributed by atoms with Gasteiger partial charge in [-0.3, -0.25) is 0 Å². The van der Waals surface area contributed by atoms with Crippen LogP contribution in [0.4, 0.5) is 0 Å². The van der Waals surface area contributed by atoms with Crippen molar-refractivity contribution in [2.45, 2.75) is 12.5 Å². The minimum atomic E-state index is 0.509. The van der Waals surface area contributed by atoms with Crippen LogP contribution >= 0.6 is 0 Å². The summed E-state index contributed by atoms with van der Waals surface area (Å²) in [7, 11) is 1.96. The average Bonchev–Trinajstić information content (AvgIpc) is 2.14. The van der Waals surface area contributed by atoms with Crippen LogP contribution in [0.2, 0.25) is 0 Å². The van der Waals surface area contributed by atoms with Crippen LogP contribution in [-0.4, -0.2) is 19.6 Å². The molecular formula is C6H12N2. The summed E-state index contributed by atoms with van der Waals surface area (Å²) in [5.74, 6) is 0. The smallest absolute Gasteiger partial charge is 0.0477 e. The summed E-state index contributed by atoms with van der Waals surface area (Å²) in [5, 5.41) is 6.32. The van der Waals surface area contributed by atoms with E-state index in [1.807, 2.05) is 7.05 Å². The van der Waals surface area contributed by atoms with E-state index >= 15 is 0 Å². The zero-order valence-electron chi connectivity index (χ0n) is 5.20. The lowest BCUT2D eigenvalue weighted by Gasteiger charge is -2.06. The molecule has 1 saturated heterocycles. The van der Waals surface area contributed by atoms with Crippen LogP contribution in [0.15, 0.2) is 12.3 Å². The maximum absolute atomic E-state index is 3.83. The number of nitrogens with one attached hydrogen (secondary N) is 2. The van der Waals surface area contributed by atoms with Crippen LogP contribution in [-0.2, 0) is 0 Å². The first kappa shape index (κ1) is 5.63. The van der Waals surface area contributed by atoms with Crippen molar-refractivity contribution in [3.8, 4) is 0 Å². The van der Waals surface area contributed by atoms with Crippen LogP contribution in [0.5, 0.6) is 0 Å². The molecule has 2 nitrogen and oxygen atoms in total. The first-order valence-electron chi connectivity index (χ1n) is 2.94. The molecule has 2 heteroatoms. The van der Waals surface area contributed by atoms with Crippen molar-refractivity contribution in [2.24, 2.45) is 0 Å². The van der Waals surface area contributed by atoms with Gasteiger partial charge in [0, 0.05) is 18.3 Å². The van der Waals surface area contributed by atoms with Gasteiger partial charge in [0.25, 0.3) is 0 Å². The zero-order chi connectivity index (χ0) is 5.98. The third-order valence-electron chi connectivity index (χ3n) is 1.55. The molecule has 1 heterocycles. The van der Waals surface area contributed by atoms with Gasteiger partial charge < -0.3 is 10.6 Å². The van der Waals surface area contributed by atoms with Crippen molar-refractivity contribution < 1.29 is 0 Å². The maximum atomic E-state index is 3.83. The quantitative estimate of drug-likeness (QED) is 0.502. The molecule has 0 spiro atoms. The Morgan fingerprint density at radius 3 is 2.88 bits per heavy atom. The Labute approximate surface area is 50.0 Å². The summed E-state index contributed by atoms with van der Waals surface area (Å²) >= 11 is 0. The summed E-state index contributed by atoms with van der Waals surface area (Å²) in [6.45, 7) is 4.91. The molecule has 8 heavy (non-hydrogen) atoms. The Hall–Kier alpha value is -0.500. The monoisotopic (exact) mass is 112 g/mol. The normalized spacial score (nSPS) is 28.1. The standard InChI is InChI=1S/C6H12N2/c1-5-6(7-2)3-4-8-5/h6-8H,1,3-4H2,2H3. The van der Waals surface area contributed by atoms with Crippen LogP contribution < -0.4 is 10.6 Å². The molecular weight excluding hydrogens is 100 g/mol. The molecule has 0 aliphatic carbocycles. The minimum Gasteiger partial charge on any atom is -0.387 e. The van der Waals surface area contributed by atoms with E-state index in [9.17, 15) is 0 Å². The lowest BCUT2D eigenvalue weighted by molar-refractivity contribution is 0.660. The van der Waals surface area contributed by atoms with E-state index < -0.39 is 0 Å². The molecule has 1 aliphatic heterocycles. The van der Waals surface area contributed by atoms with E-state index in [0.717, 1.165) is 12.2 Å². The molecule has 1 aliphatic rings. The van der Waals surface area contributed by atoms with Crippen LogP contribution in [0.1, 0.15) is 6.42 Å². The molecule has 1 unspecified atom stereocenters. The van der Waals surface area contributed by atoms with Crippen molar-refractivity contribution in [1.29, 1.82) is 0 Å². The Kier molecular flexibility index (Phi) is 1.53. The third-order valence-corrected chi connectivity index (χ3v) is 1.55. The second kappa shape index (κ2) is 2.18. The molecule has 0 radical (unpaired) electrons. The van der Waals surface area contributed by atoms with Gasteiger partial charge in [-0.25, -0.2) is 0 Å². The second-order valence-electron chi connectivity index (χ2n) is 2.08. The Morgan fingerprint density at radius 1 is 1.88 bits per heavy atom. The highest BCUT2D eigenvalue weighted by atomic mass is 15.0. The number of rotatable bonds is 1. The zero-order valence-corrected chi connectivity index (χ0v) is 5.20. The molecule has 1 fully saturated rings. The molecule has 0 saturated carbocycles. The first-order chi connectivity index (χ1) is 3.84. The van der Waals surface area contributed by atoms with E-state index in [2.05, 4.69) is 17.2 Å². The summed E-state index contributed by atoms with van der Waals surface area (Å²) in [4.78, 5) is 0. The Balaban J connectivity index is 2.42. The maximum Gasteiger partial charge on any atom is 0.0477 e. The van der Waals surface area contributed by atoms with E-state index in [1.165, 1.54) is 6.42 Å². The predicted molar refractivity (Wildman–Crippen MR) is 34.6 cm³/mol. The molecule has 1 rings (SSSR count). The summed E-state index contributed by atoms with van der Waals surface area (Å²) in [6.07, 6.45) is 1.18. The lowest BCUT2D eigenvalue weighted by atomic mass is 10.2. The van der Waals surface area contributed by atoms with Gasteiger partial charge in [-0.1, -0.05) is 6.58 Å². The van der Waals surface area contributed by atoms with Crippen molar-refractivity contribution in [1.82, 2.24) is 10.6 Å². The minimum absolute atomic E-state index is 0.509. The van der Waals surface area contributed by atoms with Gasteiger partial charge in [-0.2, -0.15) is 0 Å². The molecule has 0 aromatic carbocycles. The molecule has 0 aromatic rings. The highest BCUT2D eigenvalue weighted by molar-refractivity contribution is 5.07. The number of hydrogen-bond acceptors (Lipinski definition) is 2. The molecule has 0 amide bonds. The average molecular weight is 112 g/mol. The van der Waals surface area contributed by atoms with Gasteiger partial charge in [-0.05, 0) is 13.5 Å². The second-order valence-corrected chi connectivity index (χ2v) is 2.08. The van der Waals surface area contributed by atoms with Crippen LogP contribution in [0.3, 0.4) is 0 Å². The van der Waals surface area contributed by atoms with Crippen molar-refractivity contribution >= 4 is 0 Å². The Morgan fingerprint density at radius 2 is 2.62 bits per heavy atom. The fourth-order valence-corrected chi connectivity index (χ4v) is 0.993. The van der Waals surface area contributed by atoms with Crippen molar-refractivity contribution in [3.05, 3.63) is 12.3 Å². The van der Waals surface area contributed by atoms with Gasteiger partial charge in [0.15, 0.2) is 0 Å². The summed E-state index contributed by atoms with van der Waals surface area (Å²) in [6, 6.07) is 0.509. The van der Waals surface area contributed by atoms with Gasteiger partial charge in [0.1, 0.15) is 0 Å². The highest BCUT2D eigenvalue weighted by Gasteiger charge is 2.14. The van der Waals surface area contributed by atoms with Gasteiger partial charge in [0.05, 0.1) is 0 Å². The largest absolute Gasteiger partial charge is 0.387 e. The number of likely N-dealkylation sites (N-methyl/N-ethyl adjacent to an activating group) is 1. The molecule has 0 aromatic heterocycles. The predicted octanol–water partition coefficient (Wildman–Crippen LogP) is 0.0814. The summed E-state index contributed by atoms with van der Waals surface area (Å²) < 4.78 is 0. The fraction of sp³-hybridized carbons (Fsp3) is 0.667. The number of hydrogen-bond donors (Lipinski definition) is 2. The van der Waals surface area contributed by atoms with E-state index in [4.69, 9.17) is 0 Å².